The standard InChI is InChI=1S/C17H26O2/c1-7-16(4,5)15(18)19-17(6,8-2)14-11-9-13(3)10-12-14/h9-12H,7-8H2,1-6H3. The molecule has 0 bridgehead atoms. The van der Waals surface area contributed by atoms with Gasteiger partial charge in [-0.2, -0.15) is 0 Å². The molecule has 1 rings (SSSR count). The van der Waals surface area contributed by atoms with E-state index in [1.165, 1.54) is 5.56 Å². The molecule has 2 nitrogen and oxygen atoms in total. The van der Waals surface area contributed by atoms with Crippen molar-refractivity contribution < 1.29 is 9.53 Å². The van der Waals surface area contributed by atoms with Crippen LogP contribution in [-0.2, 0) is 15.1 Å². The topological polar surface area (TPSA) is 26.3 Å². The van der Waals surface area contributed by atoms with E-state index in [1.807, 2.05) is 46.8 Å². The van der Waals surface area contributed by atoms with Gasteiger partial charge in [0.1, 0.15) is 5.60 Å². The molecule has 1 aromatic rings. The number of ether oxygens (including phenoxy) is 1. The second-order valence-corrected chi connectivity index (χ2v) is 6.08. The van der Waals surface area contributed by atoms with Gasteiger partial charge in [0.15, 0.2) is 0 Å². The fraction of sp³-hybridized carbons (Fsp3) is 0.588. The fourth-order valence-corrected chi connectivity index (χ4v) is 1.73. The van der Waals surface area contributed by atoms with Gasteiger partial charge in [-0.3, -0.25) is 4.79 Å². The van der Waals surface area contributed by atoms with E-state index >= 15 is 0 Å². The molecule has 1 unspecified atom stereocenters. The minimum absolute atomic E-state index is 0.125. The molecule has 0 aliphatic heterocycles. The second-order valence-electron chi connectivity index (χ2n) is 6.08. The largest absolute Gasteiger partial charge is 0.454 e. The first-order chi connectivity index (χ1) is 8.75. The van der Waals surface area contributed by atoms with Gasteiger partial charge < -0.3 is 4.74 Å². The van der Waals surface area contributed by atoms with Crippen molar-refractivity contribution in [3.63, 3.8) is 0 Å². The first-order valence-corrected chi connectivity index (χ1v) is 7.06. The van der Waals surface area contributed by atoms with Crippen molar-refractivity contribution in [3.05, 3.63) is 35.4 Å². The van der Waals surface area contributed by atoms with Crippen LogP contribution in [0.25, 0.3) is 0 Å². The quantitative estimate of drug-likeness (QED) is 0.725. The predicted octanol–water partition coefficient (Wildman–Crippen LogP) is 4.60. The molecular formula is C17H26O2. The van der Waals surface area contributed by atoms with Gasteiger partial charge in [0.2, 0.25) is 0 Å². The Morgan fingerprint density at radius 1 is 1.05 bits per heavy atom. The lowest BCUT2D eigenvalue weighted by atomic mass is 9.88. The van der Waals surface area contributed by atoms with Crippen LogP contribution < -0.4 is 0 Å². The minimum Gasteiger partial charge on any atom is -0.454 e. The third-order valence-corrected chi connectivity index (χ3v) is 4.09. The second kappa shape index (κ2) is 5.77. The summed E-state index contributed by atoms with van der Waals surface area (Å²) in [5, 5.41) is 0. The van der Waals surface area contributed by atoms with Crippen molar-refractivity contribution in [2.24, 2.45) is 5.41 Å². The predicted molar refractivity (Wildman–Crippen MR) is 79.0 cm³/mol. The van der Waals surface area contributed by atoms with Crippen LogP contribution in [0.4, 0.5) is 0 Å². The van der Waals surface area contributed by atoms with E-state index in [-0.39, 0.29) is 5.97 Å². The third-order valence-electron chi connectivity index (χ3n) is 4.09. The summed E-state index contributed by atoms with van der Waals surface area (Å²) in [7, 11) is 0. The van der Waals surface area contributed by atoms with Crippen molar-refractivity contribution in [1.29, 1.82) is 0 Å². The van der Waals surface area contributed by atoms with Crippen LogP contribution in [0.2, 0.25) is 0 Å². The number of hydrogen-bond acceptors (Lipinski definition) is 2. The number of hydrogen-bond donors (Lipinski definition) is 0. The Morgan fingerprint density at radius 3 is 2.00 bits per heavy atom. The average molecular weight is 262 g/mol. The summed E-state index contributed by atoms with van der Waals surface area (Å²) in [6, 6.07) is 8.21. The number of carbonyl (C=O) groups is 1. The highest BCUT2D eigenvalue weighted by atomic mass is 16.6. The molecule has 0 amide bonds. The molecule has 19 heavy (non-hydrogen) atoms. The molecular weight excluding hydrogens is 236 g/mol. The lowest BCUT2D eigenvalue weighted by Crippen LogP contribution is -2.35. The molecule has 0 saturated carbocycles. The van der Waals surface area contributed by atoms with E-state index in [0.29, 0.717) is 0 Å². The van der Waals surface area contributed by atoms with Crippen molar-refractivity contribution in [2.75, 3.05) is 0 Å². The summed E-state index contributed by atoms with van der Waals surface area (Å²) >= 11 is 0. The number of carbonyl (C=O) groups excluding carboxylic acids is 1. The van der Waals surface area contributed by atoms with Crippen LogP contribution in [0.1, 0.15) is 58.6 Å². The average Bonchev–Trinajstić information content (AvgIpc) is 2.39. The summed E-state index contributed by atoms with van der Waals surface area (Å²) in [4.78, 5) is 12.3. The molecule has 0 heterocycles. The Hall–Kier alpha value is -1.31. The number of aryl methyl sites for hydroxylation is 1. The highest BCUT2D eigenvalue weighted by Crippen LogP contribution is 2.33. The Kier molecular flexibility index (Phi) is 4.78. The van der Waals surface area contributed by atoms with Crippen molar-refractivity contribution >= 4 is 5.97 Å². The van der Waals surface area contributed by atoms with E-state index in [1.54, 1.807) is 0 Å². The number of benzene rings is 1. The maximum absolute atomic E-state index is 12.3. The zero-order chi connectivity index (χ0) is 14.7. The fourth-order valence-electron chi connectivity index (χ4n) is 1.73. The maximum Gasteiger partial charge on any atom is 0.312 e. The Morgan fingerprint density at radius 2 is 1.58 bits per heavy atom. The lowest BCUT2D eigenvalue weighted by molar-refractivity contribution is -0.170. The molecule has 0 aliphatic carbocycles. The van der Waals surface area contributed by atoms with Crippen molar-refractivity contribution in [1.82, 2.24) is 0 Å². The summed E-state index contributed by atoms with van der Waals surface area (Å²) < 4.78 is 5.83. The van der Waals surface area contributed by atoms with Crippen LogP contribution in [-0.4, -0.2) is 5.97 Å². The van der Waals surface area contributed by atoms with Gasteiger partial charge in [-0.1, -0.05) is 43.7 Å². The lowest BCUT2D eigenvalue weighted by Gasteiger charge is -2.33. The molecule has 0 aromatic heterocycles. The van der Waals surface area contributed by atoms with Crippen LogP contribution in [0.15, 0.2) is 24.3 Å². The Balaban J connectivity index is 2.99. The summed E-state index contributed by atoms with van der Waals surface area (Å²) in [5.74, 6) is -0.125. The molecule has 106 valence electrons. The number of esters is 1. The first kappa shape index (κ1) is 15.7. The zero-order valence-corrected chi connectivity index (χ0v) is 13.0. The Bertz CT molecular complexity index is 431. The van der Waals surface area contributed by atoms with Crippen molar-refractivity contribution in [2.45, 2.75) is 60.0 Å². The van der Waals surface area contributed by atoms with E-state index in [2.05, 4.69) is 19.1 Å². The molecule has 0 fully saturated rings. The summed E-state index contributed by atoms with van der Waals surface area (Å²) in [5.41, 5.74) is 1.29. The van der Waals surface area contributed by atoms with Gasteiger partial charge in [-0.05, 0) is 46.1 Å². The van der Waals surface area contributed by atoms with Gasteiger partial charge in [0, 0.05) is 0 Å². The van der Waals surface area contributed by atoms with Crippen molar-refractivity contribution in [3.8, 4) is 0 Å². The van der Waals surface area contributed by atoms with Gasteiger partial charge in [-0.25, -0.2) is 0 Å². The molecule has 0 aliphatic rings. The van der Waals surface area contributed by atoms with E-state index in [0.717, 1.165) is 18.4 Å². The highest BCUT2D eigenvalue weighted by molar-refractivity contribution is 5.76. The first-order valence-electron chi connectivity index (χ1n) is 7.06. The molecule has 0 N–H and O–H groups in total. The smallest absolute Gasteiger partial charge is 0.312 e. The van der Waals surface area contributed by atoms with Gasteiger partial charge in [-0.15, -0.1) is 0 Å². The summed E-state index contributed by atoms with van der Waals surface area (Å²) in [6.45, 7) is 12.0. The van der Waals surface area contributed by atoms with Crippen LogP contribution >= 0.6 is 0 Å². The van der Waals surface area contributed by atoms with Crippen LogP contribution in [0.3, 0.4) is 0 Å². The highest BCUT2D eigenvalue weighted by Gasteiger charge is 2.35. The Labute approximate surface area is 117 Å². The SMILES string of the molecule is CCC(C)(C)C(=O)OC(C)(CC)c1ccc(C)cc1. The van der Waals surface area contributed by atoms with E-state index in [4.69, 9.17) is 4.74 Å². The monoisotopic (exact) mass is 262 g/mol. The minimum atomic E-state index is -0.544. The molecule has 2 heteroatoms. The van der Waals surface area contributed by atoms with Crippen LogP contribution in [0.5, 0.6) is 0 Å². The maximum atomic E-state index is 12.3. The molecule has 1 aromatic carbocycles. The molecule has 0 spiro atoms. The normalized spacial score (nSPS) is 14.8. The number of rotatable bonds is 5. The van der Waals surface area contributed by atoms with Gasteiger partial charge >= 0.3 is 5.97 Å². The molecule has 1 atom stereocenters. The van der Waals surface area contributed by atoms with E-state index in [9.17, 15) is 4.79 Å². The molecule has 0 radical (unpaired) electrons. The molecule has 0 saturated heterocycles. The van der Waals surface area contributed by atoms with Gasteiger partial charge in [0.25, 0.3) is 0 Å². The zero-order valence-electron chi connectivity index (χ0n) is 13.0. The van der Waals surface area contributed by atoms with Gasteiger partial charge in [0.05, 0.1) is 5.41 Å². The third kappa shape index (κ3) is 3.59. The van der Waals surface area contributed by atoms with E-state index < -0.39 is 11.0 Å². The van der Waals surface area contributed by atoms with Crippen LogP contribution in [0, 0.1) is 12.3 Å². The summed E-state index contributed by atoms with van der Waals surface area (Å²) in [6.07, 6.45) is 1.54.